The van der Waals surface area contributed by atoms with Crippen LogP contribution in [0.2, 0.25) is 0 Å². The number of carboxylic acids is 1. The summed E-state index contributed by atoms with van der Waals surface area (Å²) in [5, 5.41) is 14.5. The lowest BCUT2D eigenvalue weighted by molar-refractivity contribution is -0.138. The van der Waals surface area contributed by atoms with Crippen molar-refractivity contribution in [2.45, 2.75) is 44.8 Å². The van der Waals surface area contributed by atoms with Gasteiger partial charge in [-0.25, -0.2) is 9.37 Å². The summed E-state index contributed by atoms with van der Waals surface area (Å²) in [4.78, 5) is 27.0. The van der Waals surface area contributed by atoms with Crippen LogP contribution in [0.25, 0.3) is 11.1 Å². The van der Waals surface area contributed by atoms with Gasteiger partial charge in [-0.05, 0) is 42.8 Å². The van der Waals surface area contributed by atoms with Crippen LogP contribution in [0.3, 0.4) is 0 Å². The summed E-state index contributed by atoms with van der Waals surface area (Å²) in [5.41, 5.74) is -0.539. The van der Waals surface area contributed by atoms with Crippen LogP contribution in [-0.4, -0.2) is 48.3 Å². The lowest BCUT2D eigenvalue weighted by Gasteiger charge is -2.20. The van der Waals surface area contributed by atoms with Crippen molar-refractivity contribution < 1.29 is 41.7 Å². The molecule has 1 aromatic heterocycles. The number of hydrogen-bond donors (Lipinski definition) is 3. The van der Waals surface area contributed by atoms with E-state index in [-0.39, 0.29) is 42.5 Å². The molecule has 3 aromatic rings. The first-order chi connectivity index (χ1) is 19.5. The van der Waals surface area contributed by atoms with E-state index >= 15 is 0 Å². The van der Waals surface area contributed by atoms with Crippen molar-refractivity contribution in [2.75, 3.05) is 25.6 Å². The number of halogens is 4. The summed E-state index contributed by atoms with van der Waals surface area (Å²) in [6.45, 7) is 2.30. The Hall–Kier alpha value is -4.35. The number of nitrogens with zero attached hydrogens (tertiary/aromatic N) is 1. The first kappa shape index (κ1) is 31.2. The minimum absolute atomic E-state index is 0.00957. The van der Waals surface area contributed by atoms with Crippen LogP contribution in [0.5, 0.6) is 11.5 Å². The number of carboxylic acid groups (broad SMARTS) is 1. The number of carbonyl (C=O) groups excluding carboxylic acids is 1. The van der Waals surface area contributed by atoms with E-state index in [2.05, 4.69) is 22.5 Å². The molecule has 0 aliphatic heterocycles. The number of carbonyl (C=O) groups is 2. The second-order valence-electron chi connectivity index (χ2n) is 9.18. The van der Waals surface area contributed by atoms with Gasteiger partial charge in [0.1, 0.15) is 29.7 Å². The van der Waals surface area contributed by atoms with Gasteiger partial charge in [0.2, 0.25) is 0 Å². The Kier molecular flexibility index (Phi) is 10.9. The average Bonchev–Trinajstić information content (AvgIpc) is 2.94. The molecular weight excluding hydrogens is 546 g/mol. The Morgan fingerprint density at radius 3 is 2.44 bits per heavy atom. The number of pyridine rings is 1. The molecular formula is C29H31F4N3O5. The molecule has 3 N–H and O–H groups in total. The van der Waals surface area contributed by atoms with Gasteiger partial charge < -0.3 is 25.2 Å². The molecule has 0 spiro atoms. The first-order valence-electron chi connectivity index (χ1n) is 12.9. The van der Waals surface area contributed by atoms with Crippen LogP contribution in [0.1, 0.15) is 48.5 Å². The molecule has 0 bridgehead atoms. The SMILES string of the molecule is CCCCC(COc1ccc(-c2ccc(C(F)(F)F)cc2F)c(OC)c1)Nc1ccc(C(=O)NCCC(=O)O)cn1. The van der Waals surface area contributed by atoms with E-state index in [0.717, 1.165) is 31.4 Å². The first-order valence-corrected chi connectivity index (χ1v) is 12.9. The number of rotatable bonds is 14. The quantitative estimate of drug-likeness (QED) is 0.197. The van der Waals surface area contributed by atoms with Gasteiger partial charge in [0.25, 0.3) is 5.91 Å². The van der Waals surface area contributed by atoms with E-state index in [1.807, 2.05) is 0 Å². The van der Waals surface area contributed by atoms with E-state index in [0.29, 0.717) is 23.2 Å². The minimum atomic E-state index is -4.65. The molecule has 1 heterocycles. The third-order valence-corrected chi connectivity index (χ3v) is 6.12. The number of methoxy groups -OCH3 is 1. The molecule has 0 aliphatic rings. The summed E-state index contributed by atoms with van der Waals surface area (Å²) in [7, 11) is 1.37. The van der Waals surface area contributed by atoms with Crippen molar-refractivity contribution in [3.63, 3.8) is 0 Å². The zero-order valence-corrected chi connectivity index (χ0v) is 22.6. The van der Waals surface area contributed by atoms with E-state index < -0.39 is 29.4 Å². The van der Waals surface area contributed by atoms with Crippen molar-refractivity contribution in [3.8, 4) is 22.6 Å². The number of hydrogen-bond acceptors (Lipinski definition) is 6. The van der Waals surface area contributed by atoms with Crippen molar-refractivity contribution in [1.29, 1.82) is 0 Å². The molecule has 1 amide bonds. The fourth-order valence-corrected chi connectivity index (χ4v) is 3.95. The number of anilines is 1. The summed E-state index contributed by atoms with van der Waals surface area (Å²) in [6, 6.07) is 10.1. The van der Waals surface area contributed by atoms with Crippen LogP contribution in [0, 0.1) is 5.82 Å². The van der Waals surface area contributed by atoms with E-state index in [4.69, 9.17) is 14.6 Å². The average molecular weight is 578 g/mol. The third-order valence-electron chi connectivity index (χ3n) is 6.12. The van der Waals surface area contributed by atoms with E-state index in [9.17, 15) is 27.2 Å². The highest BCUT2D eigenvalue weighted by Gasteiger charge is 2.31. The lowest BCUT2D eigenvalue weighted by atomic mass is 10.0. The standard InChI is InChI=1S/C29H31F4N3O5/c1-3-4-5-20(36-26-11-6-18(16-35-26)28(39)34-13-12-27(37)38)17-41-21-8-10-23(25(15-21)40-2)22-9-7-19(14-24(22)30)29(31,32)33/h6-11,14-16,20H,3-5,12-13,17H2,1-2H3,(H,34,39)(H,35,36)(H,37,38). The second kappa shape index (κ2) is 14.3. The lowest BCUT2D eigenvalue weighted by Crippen LogP contribution is -2.28. The molecule has 1 atom stereocenters. The summed E-state index contributed by atoms with van der Waals surface area (Å²) >= 11 is 0. The van der Waals surface area contributed by atoms with E-state index in [1.165, 1.54) is 19.4 Å². The number of amides is 1. The topological polar surface area (TPSA) is 110 Å². The number of nitrogens with one attached hydrogen (secondary N) is 2. The fraction of sp³-hybridized carbons (Fsp3) is 0.345. The number of alkyl halides is 3. The summed E-state index contributed by atoms with van der Waals surface area (Å²) in [5.74, 6) is -1.29. The van der Waals surface area contributed by atoms with Gasteiger partial charge in [-0.3, -0.25) is 9.59 Å². The van der Waals surface area contributed by atoms with Gasteiger partial charge in [0.15, 0.2) is 0 Å². The maximum absolute atomic E-state index is 14.6. The minimum Gasteiger partial charge on any atom is -0.496 e. The van der Waals surface area contributed by atoms with Crippen molar-refractivity contribution in [3.05, 3.63) is 71.7 Å². The maximum Gasteiger partial charge on any atom is 0.416 e. The molecule has 0 aliphatic carbocycles. The molecule has 0 radical (unpaired) electrons. The third kappa shape index (κ3) is 9.09. The smallest absolute Gasteiger partial charge is 0.416 e. The fourth-order valence-electron chi connectivity index (χ4n) is 3.95. The number of ether oxygens (including phenoxy) is 2. The van der Waals surface area contributed by atoms with Crippen LogP contribution in [-0.2, 0) is 11.0 Å². The zero-order chi connectivity index (χ0) is 30.0. The predicted molar refractivity (Wildman–Crippen MR) is 145 cm³/mol. The van der Waals surface area contributed by atoms with Crippen LogP contribution < -0.4 is 20.1 Å². The van der Waals surface area contributed by atoms with Crippen LogP contribution in [0.15, 0.2) is 54.7 Å². The van der Waals surface area contributed by atoms with Gasteiger partial charge >= 0.3 is 12.1 Å². The predicted octanol–water partition coefficient (Wildman–Crippen LogP) is 6.17. The van der Waals surface area contributed by atoms with Gasteiger partial charge in [0.05, 0.1) is 30.7 Å². The number of unbranched alkanes of at least 4 members (excludes halogenated alkanes) is 1. The molecule has 0 fully saturated rings. The Bertz CT molecular complexity index is 1330. The Morgan fingerprint density at radius 1 is 1.07 bits per heavy atom. The second-order valence-corrected chi connectivity index (χ2v) is 9.18. The monoisotopic (exact) mass is 577 g/mol. The van der Waals surface area contributed by atoms with E-state index in [1.54, 1.807) is 24.3 Å². The number of benzene rings is 2. The molecule has 0 saturated carbocycles. The molecule has 3 rings (SSSR count). The van der Waals surface area contributed by atoms with Gasteiger partial charge in [0, 0.05) is 29.9 Å². The van der Waals surface area contributed by atoms with Crippen molar-refractivity contribution >= 4 is 17.7 Å². The highest BCUT2D eigenvalue weighted by Crippen LogP contribution is 2.37. The van der Waals surface area contributed by atoms with Gasteiger partial charge in [-0.2, -0.15) is 13.2 Å². The zero-order valence-electron chi connectivity index (χ0n) is 22.6. The highest BCUT2D eigenvalue weighted by molar-refractivity contribution is 5.94. The molecule has 220 valence electrons. The van der Waals surface area contributed by atoms with Crippen molar-refractivity contribution in [1.82, 2.24) is 10.3 Å². The molecule has 41 heavy (non-hydrogen) atoms. The van der Waals surface area contributed by atoms with Crippen molar-refractivity contribution in [2.24, 2.45) is 0 Å². The molecule has 2 aromatic carbocycles. The largest absolute Gasteiger partial charge is 0.496 e. The molecule has 12 heteroatoms. The van der Waals surface area contributed by atoms with Crippen LogP contribution in [0.4, 0.5) is 23.4 Å². The summed E-state index contributed by atoms with van der Waals surface area (Å²) in [6.07, 6.45) is -0.845. The Labute approximate surface area is 234 Å². The normalized spacial score (nSPS) is 12.0. The number of aromatic nitrogens is 1. The van der Waals surface area contributed by atoms with Crippen LogP contribution >= 0.6 is 0 Å². The Balaban J connectivity index is 1.67. The van der Waals surface area contributed by atoms with Gasteiger partial charge in [-0.15, -0.1) is 0 Å². The number of aliphatic carboxylic acids is 1. The molecule has 8 nitrogen and oxygen atoms in total. The maximum atomic E-state index is 14.6. The Morgan fingerprint density at radius 2 is 1.83 bits per heavy atom. The van der Waals surface area contributed by atoms with Gasteiger partial charge in [-0.1, -0.05) is 25.8 Å². The molecule has 0 saturated heterocycles. The summed E-state index contributed by atoms with van der Waals surface area (Å²) < 4.78 is 64.7. The molecule has 1 unspecified atom stereocenters. The highest BCUT2D eigenvalue weighted by atomic mass is 19.4.